The molecule has 1 aromatic heterocycles. The molecule has 0 atom stereocenters. The summed E-state index contributed by atoms with van der Waals surface area (Å²) in [6.07, 6.45) is -9.21. The monoisotopic (exact) mass is 426 g/mol. The van der Waals surface area contributed by atoms with Gasteiger partial charge in [-0.3, -0.25) is 0 Å². The second-order valence-electron chi connectivity index (χ2n) is 5.94. The SMILES string of the molecule is O=S(=O)(c1cccc(C(F)(F)F)c1)N1CC(Oc2ncccc2C(F)(F)F)C1. The molecule has 5 nitrogen and oxygen atoms in total. The van der Waals surface area contributed by atoms with Crippen LogP contribution in [0.2, 0.25) is 0 Å². The highest BCUT2D eigenvalue weighted by Crippen LogP contribution is 2.36. The molecule has 0 amide bonds. The summed E-state index contributed by atoms with van der Waals surface area (Å²) in [6, 6.07) is 5.08. The Kier molecular flexibility index (Phi) is 5.04. The van der Waals surface area contributed by atoms with Crippen LogP contribution in [0.3, 0.4) is 0 Å². The third-order valence-electron chi connectivity index (χ3n) is 3.97. The number of benzene rings is 1. The predicted octanol–water partition coefficient (Wildman–Crippen LogP) is 3.57. The minimum atomic E-state index is -4.71. The molecule has 152 valence electrons. The highest BCUT2D eigenvalue weighted by Gasteiger charge is 2.41. The molecule has 1 aromatic carbocycles. The lowest BCUT2D eigenvalue weighted by Crippen LogP contribution is -2.56. The first-order valence-electron chi connectivity index (χ1n) is 7.75. The molecule has 0 unspecified atom stereocenters. The lowest BCUT2D eigenvalue weighted by molar-refractivity contribution is -0.140. The number of alkyl halides is 6. The molecule has 1 aliphatic rings. The van der Waals surface area contributed by atoms with Crippen LogP contribution in [0.25, 0.3) is 0 Å². The number of nitrogens with zero attached hydrogens (tertiary/aromatic N) is 2. The summed E-state index contributed by atoms with van der Waals surface area (Å²) in [5.74, 6) is -0.684. The first-order valence-corrected chi connectivity index (χ1v) is 9.19. The smallest absolute Gasteiger partial charge is 0.421 e. The summed E-state index contributed by atoms with van der Waals surface area (Å²) in [5.41, 5.74) is -2.22. The van der Waals surface area contributed by atoms with Crippen molar-refractivity contribution in [3.8, 4) is 5.88 Å². The van der Waals surface area contributed by atoms with Crippen molar-refractivity contribution >= 4 is 10.0 Å². The molecule has 0 bridgehead atoms. The average Bonchev–Trinajstić information content (AvgIpc) is 2.56. The third kappa shape index (κ3) is 4.07. The van der Waals surface area contributed by atoms with Gasteiger partial charge in [0.05, 0.1) is 23.5 Å². The van der Waals surface area contributed by atoms with E-state index in [1.165, 1.54) is 0 Å². The highest BCUT2D eigenvalue weighted by molar-refractivity contribution is 7.89. The number of hydrogen-bond donors (Lipinski definition) is 0. The van der Waals surface area contributed by atoms with E-state index in [2.05, 4.69) is 4.98 Å². The van der Waals surface area contributed by atoms with Crippen LogP contribution in [0.1, 0.15) is 11.1 Å². The molecular weight excluding hydrogens is 414 g/mol. The number of rotatable bonds is 4. The molecule has 0 N–H and O–H groups in total. The van der Waals surface area contributed by atoms with Crippen LogP contribution in [0, 0.1) is 0 Å². The van der Waals surface area contributed by atoms with Gasteiger partial charge in [-0.2, -0.15) is 30.6 Å². The zero-order chi connectivity index (χ0) is 20.7. The fourth-order valence-corrected chi connectivity index (χ4v) is 4.06. The Morgan fingerprint density at radius 2 is 1.68 bits per heavy atom. The summed E-state index contributed by atoms with van der Waals surface area (Å²) < 4.78 is 108. The second kappa shape index (κ2) is 6.92. The van der Waals surface area contributed by atoms with E-state index < -0.39 is 50.4 Å². The summed E-state index contributed by atoms with van der Waals surface area (Å²) in [4.78, 5) is 2.96. The van der Waals surface area contributed by atoms with Gasteiger partial charge in [0, 0.05) is 6.20 Å². The van der Waals surface area contributed by atoms with Gasteiger partial charge in [0.25, 0.3) is 0 Å². The normalized spacial score (nSPS) is 16.6. The van der Waals surface area contributed by atoms with Gasteiger partial charge in [-0.15, -0.1) is 0 Å². The number of aromatic nitrogens is 1. The minimum Gasteiger partial charge on any atom is -0.471 e. The molecule has 1 fully saturated rings. The summed E-state index contributed by atoms with van der Waals surface area (Å²) in [5, 5.41) is 0. The third-order valence-corrected chi connectivity index (χ3v) is 5.80. The minimum absolute atomic E-state index is 0.313. The standard InChI is InChI=1S/C16H12F6N2O3S/c17-15(18,19)10-3-1-4-12(7-10)28(25,26)24-8-11(9-24)27-14-13(16(20,21)22)5-2-6-23-14/h1-7,11H,8-9H2. The lowest BCUT2D eigenvalue weighted by atomic mass is 10.2. The van der Waals surface area contributed by atoms with Crippen LogP contribution in [0.5, 0.6) is 5.88 Å². The molecule has 0 radical (unpaired) electrons. The Morgan fingerprint density at radius 3 is 2.29 bits per heavy atom. The fourth-order valence-electron chi connectivity index (χ4n) is 2.51. The quantitative estimate of drug-likeness (QED) is 0.702. The number of ether oxygens (including phenoxy) is 1. The number of sulfonamides is 1. The summed E-state index contributed by atoms with van der Waals surface area (Å²) in [7, 11) is -4.24. The van der Waals surface area contributed by atoms with Gasteiger partial charge in [0.1, 0.15) is 11.7 Å². The van der Waals surface area contributed by atoms with Crippen molar-refractivity contribution in [1.82, 2.24) is 9.29 Å². The first-order chi connectivity index (χ1) is 12.9. The van der Waals surface area contributed by atoms with Gasteiger partial charge in [0.15, 0.2) is 0 Å². The average molecular weight is 426 g/mol. The molecule has 0 saturated carbocycles. The zero-order valence-corrected chi connectivity index (χ0v) is 14.6. The van der Waals surface area contributed by atoms with Crippen LogP contribution in [0.15, 0.2) is 47.5 Å². The van der Waals surface area contributed by atoms with Crippen molar-refractivity contribution in [2.75, 3.05) is 13.1 Å². The Balaban J connectivity index is 1.72. The van der Waals surface area contributed by atoms with E-state index in [0.717, 1.165) is 40.8 Å². The van der Waals surface area contributed by atoms with E-state index in [9.17, 15) is 34.8 Å². The van der Waals surface area contributed by atoms with Crippen LogP contribution in [-0.2, 0) is 22.4 Å². The molecule has 3 rings (SSSR count). The molecule has 0 aliphatic carbocycles. The number of halogens is 6. The Hall–Kier alpha value is -2.34. The van der Waals surface area contributed by atoms with E-state index in [-0.39, 0.29) is 13.1 Å². The molecule has 12 heteroatoms. The Morgan fingerprint density at radius 1 is 1.00 bits per heavy atom. The van der Waals surface area contributed by atoms with Crippen LogP contribution >= 0.6 is 0 Å². The van der Waals surface area contributed by atoms with Crippen molar-refractivity contribution < 1.29 is 39.5 Å². The van der Waals surface area contributed by atoms with E-state index in [1.54, 1.807) is 0 Å². The highest BCUT2D eigenvalue weighted by atomic mass is 32.2. The maximum Gasteiger partial charge on any atom is 0.421 e. The second-order valence-corrected chi connectivity index (χ2v) is 7.88. The van der Waals surface area contributed by atoms with Crippen molar-refractivity contribution in [2.24, 2.45) is 0 Å². The Labute approximate surface area is 155 Å². The van der Waals surface area contributed by atoms with Gasteiger partial charge < -0.3 is 4.74 Å². The lowest BCUT2D eigenvalue weighted by Gasteiger charge is -2.37. The fraction of sp³-hybridized carbons (Fsp3) is 0.312. The van der Waals surface area contributed by atoms with Crippen LogP contribution in [0.4, 0.5) is 26.3 Å². The molecule has 2 aromatic rings. The number of hydrogen-bond acceptors (Lipinski definition) is 4. The van der Waals surface area contributed by atoms with Crippen molar-refractivity contribution in [3.05, 3.63) is 53.7 Å². The molecule has 1 aliphatic heterocycles. The van der Waals surface area contributed by atoms with E-state index in [4.69, 9.17) is 4.74 Å². The van der Waals surface area contributed by atoms with Crippen LogP contribution < -0.4 is 4.74 Å². The van der Waals surface area contributed by atoms with Crippen molar-refractivity contribution in [1.29, 1.82) is 0 Å². The molecule has 28 heavy (non-hydrogen) atoms. The number of pyridine rings is 1. The molecule has 1 saturated heterocycles. The van der Waals surface area contributed by atoms with Gasteiger partial charge in [-0.1, -0.05) is 6.07 Å². The summed E-state index contributed by atoms with van der Waals surface area (Å²) >= 11 is 0. The van der Waals surface area contributed by atoms with E-state index >= 15 is 0 Å². The maximum atomic E-state index is 12.9. The first kappa shape index (κ1) is 20.4. The van der Waals surface area contributed by atoms with Crippen molar-refractivity contribution in [3.63, 3.8) is 0 Å². The van der Waals surface area contributed by atoms with Crippen molar-refractivity contribution in [2.45, 2.75) is 23.4 Å². The van der Waals surface area contributed by atoms with Gasteiger partial charge >= 0.3 is 12.4 Å². The largest absolute Gasteiger partial charge is 0.471 e. The topological polar surface area (TPSA) is 59.5 Å². The molecular formula is C16H12F6N2O3S. The predicted molar refractivity (Wildman–Crippen MR) is 83.9 cm³/mol. The van der Waals surface area contributed by atoms with Gasteiger partial charge in [-0.25, -0.2) is 13.4 Å². The molecule has 0 spiro atoms. The van der Waals surface area contributed by atoms with E-state index in [1.807, 2.05) is 0 Å². The summed E-state index contributed by atoms with van der Waals surface area (Å²) in [6.45, 7) is -0.626. The van der Waals surface area contributed by atoms with E-state index in [0.29, 0.717) is 6.07 Å². The van der Waals surface area contributed by atoms with Gasteiger partial charge in [-0.05, 0) is 30.3 Å². The van der Waals surface area contributed by atoms with Gasteiger partial charge in [0.2, 0.25) is 15.9 Å². The molecule has 2 heterocycles. The zero-order valence-electron chi connectivity index (χ0n) is 13.8. The Bertz CT molecular complexity index is 969. The van der Waals surface area contributed by atoms with Crippen LogP contribution in [-0.4, -0.2) is 36.9 Å². The maximum absolute atomic E-state index is 12.9.